The van der Waals surface area contributed by atoms with E-state index < -0.39 is 0 Å². The number of benzene rings is 7. The number of rotatable bonds is 4. The Hall–Kier alpha value is -6.59. The molecular formula is C46H33N5. The molecule has 51 heavy (non-hydrogen) atoms. The molecule has 0 N–H and O–H groups in total. The SMILES string of the molecule is CC1(C)c2ccccc2N(c2nc(-c3ccccc3)nc(-c3ccccc3)n2)c2cc3c4ccccc4n(-c4cccc5ccccc45)c3cc21. The molecule has 1 aliphatic heterocycles. The first kappa shape index (κ1) is 29.3. The van der Waals surface area contributed by atoms with Crippen molar-refractivity contribution < 1.29 is 0 Å². The Morgan fingerprint density at radius 1 is 0.431 bits per heavy atom. The van der Waals surface area contributed by atoms with Crippen molar-refractivity contribution in [3.05, 3.63) is 175 Å². The maximum absolute atomic E-state index is 5.23. The average molecular weight is 656 g/mol. The van der Waals surface area contributed by atoms with Gasteiger partial charge in [0.25, 0.3) is 0 Å². The first-order valence-corrected chi connectivity index (χ1v) is 17.4. The minimum atomic E-state index is -0.311. The molecule has 10 rings (SSSR count). The summed E-state index contributed by atoms with van der Waals surface area (Å²) >= 11 is 0. The summed E-state index contributed by atoms with van der Waals surface area (Å²) in [5.74, 6) is 1.86. The van der Waals surface area contributed by atoms with E-state index in [1.807, 2.05) is 36.4 Å². The van der Waals surface area contributed by atoms with Crippen LogP contribution in [0.2, 0.25) is 0 Å². The van der Waals surface area contributed by atoms with E-state index in [0.717, 1.165) is 22.5 Å². The third-order valence-electron chi connectivity index (χ3n) is 10.4. The van der Waals surface area contributed by atoms with Crippen LogP contribution in [0.25, 0.3) is 61.0 Å². The summed E-state index contributed by atoms with van der Waals surface area (Å²) in [5.41, 5.74) is 9.64. The molecule has 0 saturated heterocycles. The molecule has 242 valence electrons. The van der Waals surface area contributed by atoms with Gasteiger partial charge in [-0.2, -0.15) is 9.97 Å². The largest absolute Gasteiger partial charge is 0.309 e. The lowest BCUT2D eigenvalue weighted by atomic mass is 9.73. The van der Waals surface area contributed by atoms with Crippen LogP contribution < -0.4 is 4.90 Å². The van der Waals surface area contributed by atoms with E-state index in [1.54, 1.807) is 0 Å². The fraction of sp³-hybridized carbons (Fsp3) is 0.0652. The highest BCUT2D eigenvalue weighted by molar-refractivity contribution is 6.12. The highest BCUT2D eigenvalue weighted by Gasteiger charge is 2.39. The van der Waals surface area contributed by atoms with E-state index in [9.17, 15) is 0 Å². The fourth-order valence-corrected chi connectivity index (χ4v) is 7.94. The lowest BCUT2D eigenvalue weighted by Crippen LogP contribution is -2.31. The number of aromatic nitrogens is 4. The first-order chi connectivity index (χ1) is 25.1. The molecule has 0 unspecified atom stereocenters. The summed E-state index contributed by atoms with van der Waals surface area (Å²) in [6, 6.07) is 57.8. The van der Waals surface area contributed by atoms with Gasteiger partial charge in [-0.15, -0.1) is 0 Å². The number of anilines is 3. The molecule has 3 heterocycles. The van der Waals surface area contributed by atoms with Crippen LogP contribution in [0.3, 0.4) is 0 Å². The number of para-hydroxylation sites is 2. The zero-order valence-corrected chi connectivity index (χ0v) is 28.3. The molecule has 7 aromatic carbocycles. The van der Waals surface area contributed by atoms with Crippen molar-refractivity contribution in [1.82, 2.24) is 19.5 Å². The summed E-state index contributed by atoms with van der Waals surface area (Å²) in [5, 5.41) is 4.82. The lowest BCUT2D eigenvalue weighted by molar-refractivity contribution is 0.631. The van der Waals surface area contributed by atoms with Gasteiger partial charge in [0.05, 0.1) is 28.1 Å². The quantitative estimate of drug-likeness (QED) is 0.189. The van der Waals surface area contributed by atoms with Gasteiger partial charge in [0, 0.05) is 32.7 Å². The predicted octanol–water partition coefficient (Wildman–Crippen LogP) is 11.6. The van der Waals surface area contributed by atoms with Crippen molar-refractivity contribution >= 4 is 49.9 Å². The van der Waals surface area contributed by atoms with E-state index in [0.29, 0.717) is 17.6 Å². The van der Waals surface area contributed by atoms with Crippen molar-refractivity contribution in [2.45, 2.75) is 19.3 Å². The van der Waals surface area contributed by atoms with Crippen molar-refractivity contribution in [2.75, 3.05) is 4.90 Å². The van der Waals surface area contributed by atoms with Gasteiger partial charge in [0.2, 0.25) is 5.95 Å². The fourth-order valence-electron chi connectivity index (χ4n) is 7.94. The Balaban J connectivity index is 1.30. The molecule has 0 amide bonds. The van der Waals surface area contributed by atoms with Crippen molar-refractivity contribution in [3.63, 3.8) is 0 Å². The second-order valence-corrected chi connectivity index (χ2v) is 13.7. The first-order valence-electron chi connectivity index (χ1n) is 17.4. The number of nitrogens with zero attached hydrogens (tertiary/aromatic N) is 5. The van der Waals surface area contributed by atoms with E-state index >= 15 is 0 Å². The topological polar surface area (TPSA) is 46.8 Å². The summed E-state index contributed by atoms with van der Waals surface area (Å²) in [7, 11) is 0. The maximum Gasteiger partial charge on any atom is 0.238 e. The molecule has 1 aliphatic rings. The van der Waals surface area contributed by atoms with Gasteiger partial charge in [-0.25, -0.2) is 4.98 Å². The minimum Gasteiger partial charge on any atom is -0.309 e. The minimum absolute atomic E-state index is 0.311. The van der Waals surface area contributed by atoms with Crippen LogP contribution in [0, 0.1) is 0 Å². The van der Waals surface area contributed by atoms with Crippen LogP contribution >= 0.6 is 0 Å². The zero-order chi connectivity index (χ0) is 34.1. The second-order valence-electron chi connectivity index (χ2n) is 13.7. The monoisotopic (exact) mass is 655 g/mol. The molecule has 0 saturated carbocycles. The molecule has 0 spiro atoms. The van der Waals surface area contributed by atoms with Gasteiger partial charge in [-0.05, 0) is 46.8 Å². The van der Waals surface area contributed by atoms with Gasteiger partial charge in [0.15, 0.2) is 11.6 Å². The Morgan fingerprint density at radius 3 is 1.76 bits per heavy atom. The van der Waals surface area contributed by atoms with Crippen LogP contribution in [0.4, 0.5) is 17.3 Å². The standard InChI is InChI=1S/C46H33N5/c1-46(2)36-24-12-14-26-40(36)51(45-48-43(31-17-5-3-6-18-31)47-44(49-45)32-19-7-4-8-20-32)42-28-35-34-23-11-13-25-39(34)50(41(35)29-37(42)46)38-27-15-21-30-16-9-10-22-33(30)38/h3-29H,1-2H3. The van der Waals surface area contributed by atoms with Crippen molar-refractivity contribution in [3.8, 4) is 28.5 Å². The van der Waals surface area contributed by atoms with Crippen LogP contribution in [0.5, 0.6) is 0 Å². The highest BCUT2D eigenvalue weighted by Crippen LogP contribution is 2.53. The number of fused-ring (bicyclic) bond motifs is 6. The van der Waals surface area contributed by atoms with Gasteiger partial charge in [-0.1, -0.05) is 147 Å². The van der Waals surface area contributed by atoms with Gasteiger partial charge in [0.1, 0.15) is 0 Å². The Morgan fingerprint density at radius 2 is 1.02 bits per heavy atom. The summed E-state index contributed by atoms with van der Waals surface area (Å²) < 4.78 is 2.44. The van der Waals surface area contributed by atoms with E-state index in [2.05, 4.69) is 151 Å². The van der Waals surface area contributed by atoms with Crippen LogP contribution in [0.1, 0.15) is 25.0 Å². The molecule has 0 radical (unpaired) electrons. The van der Waals surface area contributed by atoms with Crippen LogP contribution in [0.15, 0.2) is 164 Å². The van der Waals surface area contributed by atoms with Gasteiger partial charge < -0.3 is 4.57 Å². The Kier molecular flexibility index (Phi) is 6.46. The maximum atomic E-state index is 5.23. The molecule has 2 aromatic heterocycles. The molecule has 0 bridgehead atoms. The normalized spacial score (nSPS) is 13.4. The lowest BCUT2D eigenvalue weighted by Gasteiger charge is -2.41. The molecule has 5 heteroatoms. The van der Waals surface area contributed by atoms with E-state index in [1.165, 1.54) is 49.4 Å². The second kappa shape index (κ2) is 11.2. The van der Waals surface area contributed by atoms with Gasteiger partial charge >= 0.3 is 0 Å². The van der Waals surface area contributed by atoms with E-state index in [-0.39, 0.29) is 5.41 Å². The Bertz CT molecular complexity index is 2720. The molecule has 0 fully saturated rings. The summed E-state index contributed by atoms with van der Waals surface area (Å²) in [6.45, 7) is 4.66. The molecule has 0 aliphatic carbocycles. The average Bonchev–Trinajstić information content (AvgIpc) is 3.51. The van der Waals surface area contributed by atoms with Crippen molar-refractivity contribution in [1.29, 1.82) is 0 Å². The summed E-state index contributed by atoms with van der Waals surface area (Å²) in [4.78, 5) is 17.7. The third kappa shape index (κ3) is 4.51. The molecular weight excluding hydrogens is 623 g/mol. The highest BCUT2D eigenvalue weighted by atomic mass is 15.3. The third-order valence-corrected chi connectivity index (χ3v) is 10.4. The van der Waals surface area contributed by atoms with Gasteiger partial charge in [-0.3, -0.25) is 4.90 Å². The van der Waals surface area contributed by atoms with Crippen molar-refractivity contribution in [2.24, 2.45) is 0 Å². The number of hydrogen-bond acceptors (Lipinski definition) is 4. The van der Waals surface area contributed by atoms with Crippen LogP contribution in [-0.4, -0.2) is 19.5 Å². The van der Waals surface area contributed by atoms with Crippen LogP contribution in [-0.2, 0) is 5.41 Å². The van der Waals surface area contributed by atoms with E-state index in [4.69, 9.17) is 15.0 Å². The zero-order valence-electron chi connectivity index (χ0n) is 28.3. The predicted molar refractivity (Wildman–Crippen MR) is 209 cm³/mol. The molecule has 9 aromatic rings. The Labute approximate surface area is 296 Å². The summed E-state index contributed by atoms with van der Waals surface area (Å²) in [6.07, 6.45) is 0. The smallest absolute Gasteiger partial charge is 0.238 e. The molecule has 0 atom stereocenters. The number of hydrogen-bond donors (Lipinski definition) is 0. The molecule has 5 nitrogen and oxygen atoms in total.